The van der Waals surface area contributed by atoms with Gasteiger partial charge in [0.15, 0.2) is 0 Å². The van der Waals surface area contributed by atoms with E-state index in [2.05, 4.69) is 99.7 Å². The molecule has 2 heteroatoms. The highest BCUT2D eigenvalue weighted by Crippen LogP contribution is 2.44. The number of nitrogens with zero attached hydrogens (tertiary/aromatic N) is 2. The number of aromatic nitrogens is 2. The zero-order chi connectivity index (χ0) is 23.4. The van der Waals surface area contributed by atoms with Gasteiger partial charge in [0.1, 0.15) is 0 Å². The van der Waals surface area contributed by atoms with E-state index < -0.39 is 0 Å². The number of hydrogen-bond acceptors (Lipinski definition) is 1. The third-order valence-corrected chi connectivity index (χ3v) is 7.37. The first kappa shape index (κ1) is 19.8. The second kappa shape index (κ2) is 6.48. The van der Waals surface area contributed by atoms with E-state index in [1.165, 1.54) is 70.9 Å². The minimum absolute atomic E-state index is 0.153. The van der Waals surface area contributed by atoms with Crippen LogP contribution in [0.25, 0.3) is 59.8 Å². The molecule has 3 aromatic heterocycles. The maximum absolute atomic E-state index is 5.00. The Kier molecular flexibility index (Phi) is 3.77. The van der Waals surface area contributed by atoms with E-state index in [9.17, 15) is 0 Å². The molecule has 0 atom stereocenters. The van der Waals surface area contributed by atoms with Gasteiger partial charge >= 0.3 is 0 Å². The second-order valence-corrected chi connectivity index (χ2v) is 11.3. The molecule has 4 aromatic carbocycles. The molecule has 7 rings (SSSR count). The largest absolute Gasteiger partial charge is 0.308 e. The highest BCUT2D eigenvalue weighted by Gasteiger charge is 2.24. The van der Waals surface area contributed by atoms with Gasteiger partial charge in [-0.25, -0.2) is 0 Å². The predicted molar refractivity (Wildman–Crippen MR) is 147 cm³/mol. The zero-order valence-corrected chi connectivity index (χ0v) is 20.5. The third-order valence-electron chi connectivity index (χ3n) is 7.37. The van der Waals surface area contributed by atoms with E-state index in [4.69, 9.17) is 4.98 Å². The molecule has 166 valence electrons. The Morgan fingerprint density at radius 1 is 0.706 bits per heavy atom. The summed E-state index contributed by atoms with van der Waals surface area (Å²) in [6, 6.07) is 22.9. The summed E-state index contributed by atoms with van der Waals surface area (Å²) in [5, 5.41) is 9.07. The van der Waals surface area contributed by atoms with Crippen LogP contribution in [0.1, 0.15) is 37.5 Å². The maximum atomic E-state index is 5.00. The maximum Gasteiger partial charge on any atom is 0.0823 e. The predicted octanol–water partition coefficient (Wildman–Crippen LogP) is 8.74. The fraction of sp³-hybridized carbons (Fsp3) is 0.219. The molecule has 0 saturated carbocycles. The summed E-state index contributed by atoms with van der Waals surface area (Å²) >= 11 is 0. The van der Waals surface area contributed by atoms with Crippen LogP contribution >= 0.6 is 0 Å². The summed E-state index contributed by atoms with van der Waals surface area (Å²) in [5.74, 6) is 0. The number of pyridine rings is 2. The number of aryl methyl sites for hydroxylation is 2. The van der Waals surface area contributed by atoms with Crippen molar-refractivity contribution in [2.75, 3.05) is 0 Å². The average Bonchev–Trinajstić information content (AvgIpc) is 3.12. The van der Waals surface area contributed by atoms with Crippen molar-refractivity contribution < 1.29 is 0 Å². The average molecular weight is 441 g/mol. The van der Waals surface area contributed by atoms with Gasteiger partial charge in [-0.05, 0) is 71.2 Å². The topological polar surface area (TPSA) is 17.3 Å². The Morgan fingerprint density at radius 2 is 1.44 bits per heavy atom. The summed E-state index contributed by atoms with van der Waals surface area (Å²) in [7, 11) is 0. The van der Waals surface area contributed by atoms with Crippen LogP contribution in [-0.2, 0) is 6.42 Å². The Hall–Kier alpha value is -3.65. The van der Waals surface area contributed by atoms with E-state index in [-0.39, 0.29) is 5.41 Å². The summed E-state index contributed by atoms with van der Waals surface area (Å²) in [6.45, 7) is 11.4. The number of rotatable bonds is 1. The molecule has 0 radical (unpaired) electrons. The van der Waals surface area contributed by atoms with Crippen LogP contribution in [0, 0.1) is 19.3 Å². The van der Waals surface area contributed by atoms with E-state index in [0.717, 1.165) is 11.9 Å². The van der Waals surface area contributed by atoms with E-state index in [1.54, 1.807) is 0 Å². The van der Waals surface area contributed by atoms with Crippen molar-refractivity contribution in [2.24, 2.45) is 5.41 Å². The summed E-state index contributed by atoms with van der Waals surface area (Å²) in [4.78, 5) is 5.00. The van der Waals surface area contributed by atoms with Gasteiger partial charge in [0, 0.05) is 27.7 Å². The van der Waals surface area contributed by atoms with Crippen LogP contribution in [0.3, 0.4) is 0 Å². The van der Waals surface area contributed by atoms with Gasteiger partial charge in [0.05, 0.1) is 22.1 Å². The first-order valence-corrected chi connectivity index (χ1v) is 12.2. The van der Waals surface area contributed by atoms with Crippen LogP contribution in [0.15, 0.2) is 66.9 Å². The van der Waals surface area contributed by atoms with E-state index in [0.29, 0.717) is 0 Å². The Labute approximate surface area is 199 Å². The zero-order valence-electron chi connectivity index (χ0n) is 20.5. The minimum atomic E-state index is 0.153. The molecule has 0 saturated heterocycles. The van der Waals surface area contributed by atoms with Gasteiger partial charge in [0.2, 0.25) is 0 Å². The van der Waals surface area contributed by atoms with Crippen molar-refractivity contribution in [2.45, 2.75) is 41.0 Å². The monoisotopic (exact) mass is 440 g/mol. The summed E-state index contributed by atoms with van der Waals surface area (Å²) in [5.41, 5.74) is 9.20. The van der Waals surface area contributed by atoms with E-state index >= 15 is 0 Å². The third kappa shape index (κ3) is 2.60. The molecule has 0 aliphatic heterocycles. The van der Waals surface area contributed by atoms with E-state index in [1.807, 2.05) is 6.20 Å². The first-order valence-electron chi connectivity index (χ1n) is 12.2. The van der Waals surface area contributed by atoms with Crippen LogP contribution in [0.5, 0.6) is 0 Å². The Bertz CT molecular complexity index is 1930. The van der Waals surface area contributed by atoms with Gasteiger partial charge in [-0.3, -0.25) is 4.98 Å². The van der Waals surface area contributed by atoms with Gasteiger partial charge < -0.3 is 4.40 Å². The molecule has 7 aromatic rings. The van der Waals surface area contributed by atoms with Crippen LogP contribution in [0.2, 0.25) is 0 Å². The molecule has 0 aliphatic rings. The van der Waals surface area contributed by atoms with Crippen LogP contribution in [-0.4, -0.2) is 9.38 Å². The van der Waals surface area contributed by atoms with Crippen LogP contribution < -0.4 is 0 Å². The standard InChI is InChI=1S/C32H28N2/c1-18-6-8-21-16-25-29-28-20(12-13-33-29)9-11-23-22-10-7-19(2)15-27(22)34(31(23)28)30(25)26(24(21)14-18)17-32(3,4)5/h6-16H,17H2,1-5H3. The van der Waals surface area contributed by atoms with Crippen molar-refractivity contribution in [1.82, 2.24) is 9.38 Å². The molecule has 34 heavy (non-hydrogen) atoms. The fourth-order valence-electron chi connectivity index (χ4n) is 6.03. The Morgan fingerprint density at radius 3 is 2.26 bits per heavy atom. The minimum Gasteiger partial charge on any atom is -0.308 e. The van der Waals surface area contributed by atoms with Crippen molar-refractivity contribution in [3.8, 4) is 0 Å². The number of benzene rings is 4. The molecule has 0 fully saturated rings. The molecule has 2 nitrogen and oxygen atoms in total. The molecule has 0 aliphatic carbocycles. The fourth-order valence-corrected chi connectivity index (χ4v) is 6.03. The lowest BCUT2D eigenvalue weighted by Gasteiger charge is -2.23. The van der Waals surface area contributed by atoms with Gasteiger partial charge in [0.25, 0.3) is 0 Å². The molecule has 0 N–H and O–H groups in total. The van der Waals surface area contributed by atoms with Crippen molar-refractivity contribution in [1.29, 1.82) is 0 Å². The smallest absolute Gasteiger partial charge is 0.0823 e. The molecule has 3 heterocycles. The quantitative estimate of drug-likeness (QED) is 0.184. The molecule has 0 amide bonds. The van der Waals surface area contributed by atoms with Gasteiger partial charge in [-0.2, -0.15) is 0 Å². The molecule has 0 spiro atoms. The molecular formula is C32H28N2. The van der Waals surface area contributed by atoms with Gasteiger partial charge in [-0.1, -0.05) is 68.8 Å². The molecule has 0 unspecified atom stereocenters. The Balaban J connectivity index is 1.89. The van der Waals surface area contributed by atoms with Crippen molar-refractivity contribution >= 4 is 59.8 Å². The molecule has 0 bridgehead atoms. The first-order chi connectivity index (χ1) is 16.3. The molecular weight excluding hydrogens is 412 g/mol. The van der Waals surface area contributed by atoms with Crippen LogP contribution in [0.4, 0.5) is 0 Å². The normalized spacial score (nSPS) is 13.0. The highest BCUT2D eigenvalue weighted by atomic mass is 14.9. The SMILES string of the molecule is Cc1ccc2cc3c4nccc5ccc6c7ccc(C)cc7n(c3c(CC(C)(C)C)c2c1)c6c54. The lowest BCUT2D eigenvalue weighted by atomic mass is 9.84. The summed E-state index contributed by atoms with van der Waals surface area (Å²) < 4.78 is 2.56. The number of fused-ring (bicyclic) bond motifs is 7. The van der Waals surface area contributed by atoms with Crippen molar-refractivity contribution in [3.05, 3.63) is 83.6 Å². The van der Waals surface area contributed by atoms with Crippen molar-refractivity contribution in [3.63, 3.8) is 0 Å². The lowest BCUT2D eigenvalue weighted by molar-refractivity contribution is 0.413. The lowest BCUT2D eigenvalue weighted by Crippen LogP contribution is -2.11. The number of hydrogen-bond donors (Lipinski definition) is 0. The van der Waals surface area contributed by atoms with Gasteiger partial charge in [-0.15, -0.1) is 0 Å². The second-order valence-electron chi connectivity index (χ2n) is 11.3. The summed E-state index contributed by atoms with van der Waals surface area (Å²) in [6.07, 6.45) is 2.97. The highest BCUT2D eigenvalue weighted by molar-refractivity contribution is 6.28.